The maximum atomic E-state index is 13.0. The summed E-state index contributed by atoms with van der Waals surface area (Å²) in [6, 6.07) is 10.3. The van der Waals surface area contributed by atoms with Gasteiger partial charge in [0.25, 0.3) is 0 Å². The number of nitrogens with one attached hydrogen (secondary N) is 1. The molecule has 2 aromatic rings. The number of rotatable bonds is 4. The van der Waals surface area contributed by atoms with Crippen LogP contribution in [0.2, 0.25) is 0 Å². The van der Waals surface area contributed by atoms with Crippen molar-refractivity contribution in [2.75, 3.05) is 0 Å². The molecule has 172 valence electrons. The van der Waals surface area contributed by atoms with Crippen LogP contribution in [0, 0.1) is 0 Å². The first-order chi connectivity index (χ1) is 14.6. The highest BCUT2D eigenvalue weighted by Gasteiger charge is 2.41. The van der Waals surface area contributed by atoms with Crippen molar-refractivity contribution in [1.29, 1.82) is 0 Å². The molecule has 1 aliphatic carbocycles. The van der Waals surface area contributed by atoms with Gasteiger partial charge in [-0.25, -0.2) is 8.42 Å². The monoisotopic (exact) mass is 457 g/mol. The first-order valence-electron chi connectivity index (χ1n) is 10.5. The highest BCUT2D eigenvalue weighted by Crippen LogP contribution is 2.35. The zero-order valence-electron chi connectivity index (χ0n) is 18.5. The molecule has 0 aliphatic heterocycles. The molecule has 8 heteroatoms. The number of amides is 1. The third-order valence-electron chi connectivity index (χ3n) is 4.71. The van der Waals surface area contributed by atoms with Gasteiger partial charge in [-0.3, -0.25) is 4.79 Å². The third kappa shape index (κ3) is 6.09. The van der Waals surface area contributed by atoms with Crippen LogP contribution >= 0.6 is 0 Å². The molecule has 0 saturated heterocycles. The van der Waals surface area contributed by atoms with Crippen molar-refractivity contribution in [3.8, 4) is 0 Å². The summed E-state index contributed by atoms with van der Waals surface area (Å²) in [6.45, 7) is 9.87. The number of alkyl halides is 3. The van der Waals surface area contributed by atoms with Gasteiger partial charge in [-0.1, -0.05) is 58.9 Å². The number of carbonyl (C=O) groups excluding carboxylic acids is 1. The lowest BCUT2D eigenvalue weighted by molar-refractivity contribution is -0.174. The van der Waals surface area contributed by atoms with Crippen molar-refractivity contribution >= 4 is 15.7 Å². The lowest BCUT2D eigenvalue weighted by Gasteiger charge is -2.16. The maximum Gasteiger partial charge on any atom is 0.471 e. The van der Waals surface area contributed by atoms with E-state index < -0.39 is 28.0 Å². The van der Waals surface area contributed by atoms with E-state index in [9.17, 15) is 26.4 Å². The van der Waals surface area contributed by atoms with Crippen molar-refractivity contribution in [3.05, 3.63) is 59.2 Å². The first kappa shape index (κ1) is 26.7. The van der Waals surface area contributed by atoms with Gasteiger partial charge in [0, 0.05) is 0 Å². The molecule has 0 bridgehead atoms. The quantitative estimate of drug-likeness (QED) is 0.631. The van der Waals surface area contributed by atoms with E-state index in [1.807, 2.05) is 39.9 Å². The molecule has 0 heterocycles. The highest BCUT2D eigenvalue weighted by atomic mass is 32.2. The third-order valence-corrected chi connectivity index (χ3v) is 6.56. The minimum Gasteiger partial charge on any atom is -0.341 e. The van der Waals surface area contributed by atoms with Gasteiger partial charge < -0.3 is 5.32 Å². The molecule has 31 heavy (non-hydrogen) atoms. The van der Waals surface area contributed by atoms with E-state index in [4.69, 9.17) is 0 Å². The van der Waals surface area contributed by atoms with Gasteiger partial charge in [-0.15, -0.1) is 0 Å². The number of aryl methyl sites for hydroxylation is 2. The number of hydrogen-bond donors (Lipinski definition) is 1. The molecule has 0 aromatic heterocycles. The fourth-order valence-electron chi connectivity index (χ4n) is 3.34. The fourth-order valence-corrected chi connectivity index (χ4v) is 4.95. The molecule has 3 rings (SSSR count). The second-order valence-electron chi connectivity index (χ2n) is 6.39. The standard InChI is InChI=1S/C19H18F3NO3S.2C2H6/c1-2-12-5-3-4-6-17(12)27(25,26)14-8-9-15-13(11-14)7-10-16(15)23-18(24)19(20,21)22;2*1-2/h3-6,8-9,11,16H,2,7,10H2,1H3,(H,23,24);2*1-2H3. The average molecular weight is 458 g/mol. The van der Waals surface area contributed by atoms with Gasteiger partial charge in [0.2, 0.25) is 9.84 Å². The van der Waals surface area contributed by atoms with Crippen LogP contribution in [0.5, 0.6) is 0 Å². The minimum atomic E-state index is -4.95. The number of benzene rings is 2. The average Bonchev–Trinajstić information content (AvgIpc) is 3.18. The van der Waals surface area contributed by atoms with Crippen LogP contribution in [0.3, 0.4) is 0 Å². The molecule has 0 fully saturated rings. The Morgan fingerprint density at radius 1 is 1.06 bits per heavy atom. The molecule has 0 radical (unpaired) electrons. The molecular weight excluding hydrogens is 427 g/mol. The normalized spacial score (nSPS) is 15.0. The fraction of sp³-hybridized carbons (Fsp3) is 0.435. The Kier molecular flexibility index (Phi) is 9.74. The first-order valence-corrected chi connectivity index (χ1v) is 12.0. The number of fused-ring (bicyclic) bond motifs is 1. The smallest absolute Gasteiger partial charge is 0.341 e. The lowest BCUT2D eigenvalue weighted by Crippen LogP contribution is -2.38. The predicted octanol–water partition coefficient (Wildman–Crippen LogP) is 5.80. The van der Waals surface area contributed by atoms with E-state index in [2.05, 4.69) is 0 Å². The van der Waals surface area contributed by atoms with E-state index >= 15 is 0 Å². The van der Waals surface area contributed by atoms with Gasteiger partial charge >= 0.3 is 12.1 Å². The minimum absolute atomic E-state index is 0.102. The van der Waals surface area contributed by atoms with E-state index in [0.717, 1.165) is 0 Å². The van der Waals surface area contributed by atoms with E-state index in [0.29, 0.717) is 36.0 Å². The van der Waals surface area contributed by atoms with Gasteiger partial charge in [-0.05, 0) is 54.2 Å². The number of carbonyl (C=O) groups is 1. The molecule has 4 nitrogen and oxygen atoms in total. The largest absolute Gasteiger partial charge is 0.471 e. The molecule has 1 amide bonds. The Balaban J connectivity index is 0.00000113. The lowest BCUT2D eigenvalue weighted by atomic mass is 10.1. The van der Waals surface area contributed by atoms with Crippen LogP contribution < -0.4 is 5.32 Å². The van der Waals surface area contributed by atoms with E-state index in [1.54, 1.807) is 24.3 Å². The van der Waals surface area contributed by atoms with Crippen LogP contribution in [0.1, 0.15) is 63.8 Å². The summed E-state index contributed by atoms with van der Waals surface area (Å²) in [6.07, 6.45) is -3.69. The zero-order valence-corrected chi connectivity index (χ0v) is 19.3. The molecule has 1 aliphatic rings. The zero-order chi connectivity index (χ0) is 23.8. The molecule has 0 spiro atoms. The molecule has 1 unspecified atom stereocenters. The number of hydrogen-bond acceptors (Lipinski definition) is 3. The second kappa shape index (κ2) is 11.3. The topological polar surface area (TPSA) is 63.2 Å². The summed E-state index contributed by atoms with van der Waals surface area (Å²) >= 11 is 0. The van der Waals surface area contributed by atoms with Crippen LogP contribution in [-0.2, 0) is 27.5 Å². The van der Waals surface area contributed by atoms with Crippen LogP contribution in [-0.4, -0.2) is 20.5 Å². The Morgan fingerprint density at radius 2 is 1.68 bits per heavy atom. The summed E-state index contributed by atoms with van der Waals surface area (Å²) in [4.78, 5) is 11.5. The van der Waals surface area contributed by atoms with E-state index in [-0.39, 0.29) is 9.79 Å². The predicted molar refractivity (Wildman–Crippen MR) is 116 cm³/mol. The van der Waals surface area contributed by atoms with Crippen molar-refractivity contribution in [2.45, 2.75) is 75.9 Å². The van der Waals surface area contributed by atoms with E-state index in [1.165, 1.54) is 18.2 Å². The molecule has 2 aromatic carbocycles. The van der Waals surface area contributed by atoms with Crippen LogP contribution in [0.15, 0.2) is 52.3 Å². The van der Waals surface area contributed by atoms with Crippen molar-refractivity contribution in [1.82, 2.24) is 5.32 Å². The Labute approximate surface area is 182 Å². The molecule has 0 saturated carbocycles. The summed E-state index contributed by atoms with van der Waals surface area (Å²) in [5.41, 5.74) is 1.86. The summed E-state index contributed by atoms with van der Waals surface area (Å²) in [5, 5.41) is 1.97. The van der Waals surface area contributed by atoms with Gasteiger partial charge in [0.15, 0.2) is 0 Å². The molecule has 1 atom stereocenters. The van der Waals surface area contributed by atoms with Crippen molar-refractivity contribution in [3.63, 3.8) is 0 Å². The maximum absolute atomic E-state index is 13.0. The summed E-state index contributed by atoms with van der Waals surface area (Å²) in [5.74, 6) is -1.99. The van der Waals surface area contributed by atoms with Crippen molar-refractivity contribution in [2.24, 2.45) is 0 Å². The van der Waals surface area contributed by atoms with Crippen molar-refractivity contribution < 1.29 is 26.4 Å². The number of halogens is 3. The Hall–Kier alpha value is -2.35. The van der Waals surface area contributed by atoms with Gasteiger partial charge in [0.05, 0.1) is 15.8 Å². The highest BCUT2D eigenvalue weighted by molar-refractivity contribution is 7.91. The van der Waals surface area contributed by atoms with Gasteiger partial charge in [0.1, 0.15) is 0 Å². The van der Waals surface area contributed by atoms with Crippen LogP contribution in [0.4, 0.5) is 13.2 Å². The summed E-state index contributed by atoms with van der Waals surface area (Å²) < 4.78 is 63.4. The van der Waals surface area contributed by atoms with Gasteiger partial charge in [-0.2, -0.15) is 13.2 Å². The SMILES string of the molecule is CC.CC.CCc1ccccc1S(=O)(=O)c1ccc2c(c1)CCC2NC(=O)C(F)(F)F. The Morgan fingerprint density at radius 3 is 2.26 bits per heavy atom. The Bertz CT molecular complexity index is 986. The van der Waals surface area contributed by atoms with Crippen LogP contribution in [0.25, 0.3) is 0 Å². The second-order valence-corrected chi connectivity index (χ2v) is 8.31. The molecular formula is C23H30F3NO3S. The summed E-state index contributed by atoms with van der Waals surface area (Å²) in [7, 11) is -3.73. The number of sulfone groups is 1. The molecule has 1 N–H and O–H groups in total.